The van der Waals surface area contributed by atoms with Crippen molar-refractivity contribution in [2.45, 2.75) is 52.0 Å². The van der Waals surface area contributed by atoms with Gasteiger partial charge in [-0.15, -0.1) is 0 Å². The lowest BCUT2D eigenvalue weighted by molar-refractivity contribution is 0.246. The highest BCUT2D eigenvalue weighted by atomic mass is 32.2. The van der Waals surface area contributed by atoms with Gasteiger partial charge in [-0.3, -0.25) is 0 Å². The predicted octanol–water partition coefficient (Wildman–Crippen LogP) is 1.67. The largest absolute Gasteiger partial charge is 0.313 e. The molecule has 1 aliphatic rings. The minimum Gasteiger partial charge on any atom is -0.313 e. The molecule has 4 nitrogen and oxygen atoms in total. The third-order valence-electron chi connectivity index (χ3n) is 3.84. The molecule has 0 aromatic rings. The van der Waals surface area contributed by atoms with Crippen LogP contribution < -0.4 is 5.32 Å². The molecule has 1 heterocycles. The van der Waals surface area contributed by atoms with Gasteiger partial charge in [0.15, 0.2) is 0 Å². The fourth-order valence-corrected chi connectivity index (χ4v) is 3.41. The minimum absolute atomic E-state index is 0.270. The van der Waals surface area contributed by atoms with Crippen molar-refractivity contribution in [2.75, 3.05) is 37.7 Å². The monoisotopic (exact) mass is 290 g/mol. The molecule has 0 bridgehead atoms. The smallest absolute Gasteiger partial charge is 0.150 e. The molecule has 0 amide bonds. The maximum Gasteiger partial charge on any atom is 0.150 e. The Balaban J connectivity index is 2.31. The molecule has 0 spiro atoms. The number of hydrogen-bond donors (Lipinski definition) is 1. The van der Waals surface area contributed by atoms with Crippen LogP contribution in [0.15, 0.2) is 0 Å². The van der Waals surface area contributed by atoms with Crippen LogP contribution in [-0.4, -0.2) is 57.0 Å². The maximum atomic E-state index is 11.5. The highest BCUT2D eigenvalue weighted by Gasteiger charge is 2.18. The van der Waals surface area contributed by atoms with Gasteiger partial charge in [-0.2, -0.15) is 0 Å². The van der Waals surface area contributed by atoms with Gasteiger partial charge in [0.1, 0.15) is 9.84 Å². The van der Waals surface area contributed by atoms with Crippen LogP contribution in [0.5, 0.6) is 0 Å². The predicted molar refractivity (Wildman–Crippen MR) is 81.3 cm³/mol. The Hall–Kier alpha value is -0.130. The summed E-state index contributed by atoms with van der Waals surface area (Å²) in [4.78, 5) is 2.44. The molecule has 1 saturated heterocycles. The average molecular weight is 290 g/mol. The fourth-order valence-electron chi connectivity index (χ4n) is 2.55. The molecule has 0 radical (unpaired) electrons. The van der Waals surface area contributed by atoms with Crippen LogP contribution in [0.2, 0.25) is 0 Å². The first-order valence-corrected chi connectivity index (χ1v) is 9.55. The summed E-state index contributed by atoms with van der Waals surface area (Å²) < 4.78 is 23.0. The number of unbranched alkanes of at least 4 members (excludes halogenated alkanes) is 1. The lowest BCUT2D eigenvalue weighted by Crippen LogP contribution is -2.39. The fraction of sp³-hybridized carbons (Fsp3) is 1.00. The van der Waals surface area contributed by atoms with Crippen LogP contribution >= 0.6 is 0 Å². The zero-order valence-corrected chi connectivity index (χ0v) is 13.3. The summed E-state index contributed by atoms with van der Waals surface area (Å²) in [7, 11) is -2.81. The molecule has 0 aliphatic carbocycles. The van der Waals surface area contributed by atoms with Crippen molar-refractivity contribution in [1.82, 2.24) is 10.2 Å². The van der Waals surface area contributed by atoms with Crippen LogP contribution in [0.3, 0.4) is 0 Å². The SMILES string of the molecule is CCCCN(CCCS(=O)(=O)CC)CC1CCCN1. The summed E-state index contributed by atoms with van der Waals surface area (Å²) >= 11 is 0. The Morgan fingerprint density at radius 2 is 1.95 bits per heavy atom. The number of sulfone groups is 1. The molecule has 1 unspecified atom stereocenters. The molecule has 1 aliphatic heterocycles. The molecule has 0 aromatic carbocycles. The van der Waals surface area contributed by atoms with Crippen LogP contribution in [0.1, 0.15) is 46.0 Å². The van der Waals surface area contributed by atoms with Gasteiger partial charge in [-0.25, -0.2) is 8.42 Å². The summed E-state index contributed by atoms with van der Waals surface area (Å²) in [5, 5.41) is 3.52. The van der Waals surface area contributed by atoms with E-state index in [9.17, 15) is 8.42 Å². The van der Waals surface area contributed by atoms with Crippen LogP contribution in [0.25, 0.3) is 0 Å². The normalized spacial score (nSPS) is 20.3. The van der Waals surface area contributed by atoms with E-state index in [-0.39, 0.29) is 5.75 Å². The lowest BCUT2D eigenvalue weighted by Gasteiger charge is -2.25. The molecule has 1 N–H and O–H groups in total. The first-order valence-electron chi connectivity index (χ1n) is 7.73. The molecule has 1 atom stereocenters. The van der Waals surface area contributed by atoms with E-state index in [1.807, 2.05) is 0 Å². The van der Waals surface area contributed by atoms with E-state index in [1.54, 1.807) is 6.92 Å². The van der Waals surface area contributed by atoms with Gasteiger partial charge in [0.05, 0.1) is 5.75 Å². The second-order valence-corrected chi connectivity index (χ2v) is 8.01. The summed E-state index contributed by atoms with van der Waals surface area (Å²) in [5.74, 6) is 0.608. The van der Waals surface area contributed by atoms with Crippen molar-refractivity contribution < 1.29 is 8.42 Å². The molecule has 114 valence electrons. The van der Waals surface area contributed by atoms with E-state index in [4.69, 9.17) is 0 Å². The number of nitrogens with zero attached hydrogens (tertiary/aromatic N) is 1. The van der Waals surface area contributed by atoms with Crippen molar-refractivity contribution in [3.63, 3.8) is 0 Å². The summed E-state index contributed by atoms with van der Waals surface area (Å²) in [6.07, 6.45) is 5.70. The van der Waals surface area contributed by atoms with E-state index < -0.39 is 9.84 Å². The van der Waals surface area contributed by atoms with Gasteiger partial charge in [0, 0.05) is 18.3 Å². The third-order valence-corrected chi connectivity index (χ3v) is 5.63. The van der Waals surface area contributed by atoms with Crippen molar-refractivity contribution >= 4 is 9.84 Å². The first kappa shape index (κ1) is 16.9. The third kappa shape index (κ3) is 7.28. The molecular weight excluding hydrogens is 260 g/mol. The van der Waals surface area contributed by atoms with Crippen molar-refractivity contribution in [2.24, 2.45) is 0 Å². The van der Waals surface area contributed by atoms with Gasteiger partial charge >= 0.3 is 0 Å². The minimum atomic E-state index is -2.81. The molecule has 0 saturated carbocycles. The second-order valence-electron chi connectivity index (χ2n) is 5.54. The van der Waals surface area contributed by atoms with Gasteiger partial charge in [0.2, 0.25) is 0 Å². The van der Waals surface area contributed by atoms with Gasteiger partial charge in [0.25, 0.3) is 0 Å². The highest BCUT2D eigenvalue weighted by molar-refractivity contribution is 7.91. The van der Waals surface area contributed by atoms with Crippen molar-refractivity contribution in [3.8, 4) is 0 Å². The first-order chi connectivity index (χ1) is 9.07. The summed E-state index contributed by atoms with van der Waals surface area (Å²) in [6, 6.07) is 0.611. The standard InChI is InChI=1S/C14H30N2O2S/c1-3-5-10-16(13-14-8-6-9-15-14)11-7-12-19(17,18)4-2/h14-15H,3-13H2,1-2H3. The van der Waals surface area contributed by atoms with E-state index in [0.29, 0.717) is 11.8 Å². The molecule has 1 rings (SSSR count). The topological polar surface area (TPSA) is 49.4 Å². The van der Waals surface area contributed by atoms with Crippen molar-refractivity contribution in [1.29, 1.82) is 0 Å². The van der Waals surface area contributed by atoms with Crippen LogP contribution in [-0.2, 0) is 9.84 Å². The number of rotatable bonds is 10. The van der Waals surface area contributed by atoms with E-state index in [2.05, 4.69) is 17.1 Å². The Kier molecular flexibility index (Phi) is 7.95. The number of nitrogens with one attached hydrogen (secondary N) is 1. The Morgan fingerprint density at radius 1 is 1.21 bits per heavy atom. The summed E-state index contributed by atoms with van der Waals surface area (Å²) in [5.41, 5.74) is 0. The molecule has 0 aromatic heterocycles. The number of hydrogen-bond acceptors (Lipinski definition) is 4. The zero-order chi connectivity index (χ0) is 14.1. The molecule has 1 fully saturated rings. The van der Waals surface area contributed by atoms with Crippen LogP contribution in [0, 0.1) is 0 Å². The molecule has 19 heavy (non-hydrogen) atoms. The Labute approximate surface area is 118 Å². The van der Waals surface area contributed by atoms with Gasteiger partial charge < -0.3 is 10.2 Å². The lowest BCUT2D eigenvalue weighted by atomic mass is 10.2. The average Bonchev–Trinajstić information content (AvgIpc) is 2.88. The van der Waals surface area contributed by atoms with E-state index >= 15 is 0 Å². The van der Waals surface area contributed by atoms with Crippen LogP contribution in [0.4, 0.5) is 0 Å². The summed E-state index contributed by atoms with van der Waals surface area (Å²) in [6.45, 7) is 8.15. The molecule has 5 heteroatoms. The van der Waals surface area contributed by atoms with Gasteiger partial charge in [-0.1, -0.05) is 20.3 Å². The zero-order valence-electron chi connectivity index (χ0n) is 12.5. The van der Waals surface area contributed by atoms with Gasteiger partial charge in [-0.05, 0) is 45.3 Å². The maximum absolute atomic E-state index is 11.5. The van der Waals surface area contributed by atoms with E-state index in [1.165, 1.54) is 25.7 Å². The molecular formula is C14H30N2O2S. The second kappa shape index (κ2) is 8.93. The van der Waals surface area contributed by atoms with E-state index in [0.717, 1.165) is 32.6 Å². The Morgan fingerprint density at radius 3 is 2.53 bits per heavy atom. The quantitative estimate of drug-likeness (QED) is 0.665. The van der Waals surface area contributed by atoms with Crippen molar-refractivity contribution in [3.05, 3.63) is 0 Å². The highest BCUT2D eigenvalue weighted by Crippen LogP contribution is 2.08. The Bertz CT molecular complexity index is 324.